The summed E-state index contributed by atoms with van der Waals surface area (Å²) >= 11 is 6.06. The molecule has 1 aromatic carbocycles. The Kier molecular flexibility index (Phi) is 8.48. The van der Waals surface area contributed by atoms with Gasteiger partial charge in [0, 0.05) is 25.0 Å². The molecule has 6 heteroatoms. The molecule has 2 N–H and O–H groups in total. The number of carbonyl (C=O) groups excluding carboxylic acids is 1. The van der Waals surface area contributed by atoms with Crippen LogP contribution in [0.2, 0.25) is 5.02 Å². The lowest BCUT2D eigenvalue weighted by molar-refractivity contribution is 0.0995. The number of benzene rings is 1. The molecular formula is C23H29ClN4O. The Morgan fingerprint density at radius 2 is 1.93 bits per heavy atom. The standard InChI is InChI=1S/C14H17ClN2.C9H12N2O/c1-17(12-5-3-2-4-6-12)13-8-7-11(10-16)14(15)9-13;1-6(2)7-3-4-8(9(10)12)11-5-7/h7-9,12H,2-6H2,1H3;3-6H,1-2H3,(H2,10,12). The van der Waals surface area contributed by atoms with Crippen molar-refractivity contribution in [1.82, 2.24) is 4.98 Å². The normalized spacial score (nSPS) is 13.9. The molecule has 1 fully saturated rings. The third-order valence-electron chi connectivity index (χ3n) is 5.31. The smallest absolute Gasteiger partial charge is 0.267 e. The average molecular weight is 413 g/mol. The summed E-state index contributed by atoms with van der Waals surface area (Å²) in [6.07, 6.45) is 8.20. The van der Waals surface area contributed by atoms with Crippen molar-refractivity contribution in [3.63, 3.8) is 0 Å². The van der Waals surface area contributed by atoms with Crippen molar-refractivity contribution < 1.29 is 4.79 Å². The van der Waals surface area contributed by atoms with Gasteiger partial charge in [0.1, 0.15) is 11.8 Å². The van der Waals surface area contributed by atoms with Gasteiger partial charge in [-0.15, -0.1) is 0 Å². The van der Waals surface area contributed by atoms with Gasteiger partial charge < -0.3 is 10.6 Å². The molecule has 0 atom stereocenters. The zero-order valence-electron chi connectivity index (χ0n) is 17.4. The van der Waals surface area contributed by atoms with Crippen LogP contribution in [0.1, 0.15) is 73.5 Å². The second-order valence-electron chi connectivity index (χ2n) is 7.67. The zero-order chi connectivity index (χ0) is 21.4. The number of pyridine rings is 1. The second kappa shape index (κ2) is 10.8. The lowest BCUT2D eigenvalue weighted by Gasteiger charge is -2.33. The van der Waals surface area contributed by atoms with E-state index in [2.05, 4.69) is 36.8 Å². The van der Waals surface area contributed by atoms with Crippen LogP contribution in [0.4, 0.5) is 5.69 Å². The van der Waals surface area contributed by atoms with Gasteiger partial charge in [0.05, 0.1) is 10.6 Å². The molecule has 1 heterocycles. The van der Waals surface area contributed by atoms with E-state index in [1.807, 2.05) is 18.2 Å². The quantitative estimate of drug-likeness (QED) is 0.739. The molecule has 0 radical (unpaired) electrons. The summed E-state index contributed by atoms with van der Waals surface area (Å²) in [6.45, 7) is 4.14. The summed E-state index contributed by atoms with van der Waals surface area (Å²) in [5.41, 5.74) is 8.13. The monoisotopic (exact) mass is 412 g/mol. The third-order valence-corrected chi connectivity index (χ3v) is 5.62. The highest BCUT2D eigenvalue weighted by molar-refractivity contribution is 6.32. The maximum absolute atomic E-state index is 10.6. The summed E-state index contributed by atoms with van der Waals surface area (Å²) < 4.78 is 0. The fraction of sp³-hybridized carbons (Fsp3) is 0.435. The number of halogens is 1. The second-order valence-corrected chi connectivity index (χ2v) is 8.08. The summed E-state index contributed by atoms with van der Waals surface area (Å²) in [4.78, 5) is 16.9. The van der Waals surface area contributed by atoms with Crippen LogP contribution in [-0.2, 0) is 0 Å². The van der Waals surface area contributed by atoms with Crippen LogP contribution in [0.25, 0.3) is 0 Å². The van der Waals surface area contributed by atoms with Crippen LogP contribution in [0.15, 0.2) is 36.5 Å². The Balaban J connectivity index is 0.000000221. The highest BCUT2D eigenvalue weighted by Crippen LogP contribution is 2.28. The number of primary amides is 1. The molecule has 0 saturated heterocycles. The minimum absolute atomic E-state index is 0.319. The number of nitrogens with zero attached hydrogens (tertiary/aromatic N) is 3. The molecule has 3 rings (SSSR count). The van der Waals surface area contributed by atoms with Crippen LogP contribution in [-0.4, -0.2) is 24.0 Å². The first-order valence-electron chi connectivity index (χ1n) is 10.0. The van der Waals surface area contributed by atoms with Crippen LogP contribution in [0, 0.1) is 11.3 Å². The summed E-state index contributed by atoms with van der Waals surface area (Å²) in [5, 5.41) is 9.40. The first-order chi connectivity index (χ1) is 13.8. The number of nitriles is 1. The molecule has 1 aliphatic rings. The van der Waals surface area contributed by atoms with Crippen LogP contribution < -0.4 is 10.6 Å². The van der Waals surface area contributed by atoms with Crippen LogP contribution in [0.3, 0.4) is 0 Å². The predicted octanol–water partition coefficient (Wildman–Crippen LogP) is 5.28. The van der Waals surface area contributed by atoms with Gasteiger partial charge in [0.2, 0.25) is 0 Å². The van der Waals surface area contributed by atoms with Gasteiger partial charge in [0.25, 0.3) is 5.91 Å². The summed E-state index contributed by atoms with van der Waals surface area (Å²) in [5.74, 6) is -0.0512. The van der Waals surface area contributed by atoms with Gasteiger partial charge in [-0.05, 0) is 48.6 Å². The number of amides is 1. The van der Waals surface area contributed by atoms with E-state index in [4.69, 9.17) is 22.6 Å². The van der Waals surface area contributed by atoms with Crippen molar-refractivity contribution in [3.05, 3.63) is 58.4 Å². The third kappa shape index (κ3) is 6.47. The van der Waals surface area contributed by atoms with Crippen molar-refractivity contribution >= 4 is 23.2 Å². The number of hydrogen-bond donors (Lipinski definition) is 1. The van der Waals surface area contributed by atoms with Crippen molar-refractivity contribution in [2.75, 3.05) is 11.9 Å². The van der Waals surface area contributed by atoms with Gasteiger partial charge in [-0.3, -0.25) is 9.78 Å². The molecule has 29 heavy (non-hydrogen) atoms. The van der Waals surface area contributed by atoms with Crippen LogP contribution in [0.5, 0.6) is 0 Å². The van der Waals surface area contributed by atoms with Gasteiger partial charge in [0.15, 0.2) is 0 Å². The van der Waals surface area contributed by atoms with Crippen molar-refractivity contribution in [2.45, 2.75) is 57.9 Å². The lowest BCUT2D eigenvalue weighted by atomic mass is 9.94. The molecule has 154 valence electrons. The van der Waals surface area contributed by atoms with Crippen molar-refractivity contribution in [3.8, 4) is 6.07 Å². The number of nitrogens with two attached hydrogens (primary N) is 1. The first kappa shape index (κ1) is 22.7. The van der Waals surface area contributed by atoms with E-state index < -0.39 is 5.91 Å². The van der Waals surface area contributed by atoms with E-state index >= 15 is 0 Å². The van der Waals surface area contributed by atoms with Gasteiger partial charge in [-0.25, -0.2) is 0 Å². The largest absolute Gasteiger partial charge is 0.372 e. The maximum atomic E-state index is 10.6. The predicted molar refractivity (Wildman–Crippen MR) is 118 cm³/mol. The lowest BCUT2D eigenvalue weighted by Crippen LogP contribution is -2.33. The molecule has 5 nitrogen and oxygen atoms in total. The Bertz CT molecular complexity index is 852. The van der Waals surface area contributed by atoms with Crippen LogP contribution >= 0.6 is 11.6 Å². The molecule has 1 amide bonds. The van der Waals surface area contributed by atoms with Gasteiger partial charge in [-0.1, -0.05) is 50.8 Å². The molecule has 1 aromatic heterocycles. The molecule has 0 unspecified atom stereocenters. The SMILES string of the molecule is CC(C)c1ccc(C(N)=O)nc1.CN(c1ccc(C#N)c(Cl)c1)C1CCCCC1. The van der Waals surface area contributed by atoms with E-state index in [0.29, 0.717) is 28.2 Å². The van der Waals surface area contributed by atoms with Gasteiger partial charge in [-0.2, -0.15) is 5.26 Å². The molecule has 1 aliphatic carbocycles. The topological polar surface area (TPSA) is 83.0 Å². The fourth-order valence-corrected chi connectivity index (χ4v) is 3.60. The van der Waals surface area contributed by atoms with E-state index in [9.17, 15) is 4.79 Å². The maximum Gasteiger partial charge on any atom is 0.267 e. The van der Waals surface area contributed by atoms with E-state index in [1.54, 1.807) is 18.3 Å². The van der Waals surface area contributed by atoms with E-state index in [1.165, 1.54) is 32.1 Å². The first-order valence-corrected chi connectivity index (χ1v) is 10.4. The number of hydrogen-bond acceptors (Lipinski definition) is 4. The average Bonchev–Trinajstić information content (AvgIpc) is 2.74. The molecular weight excluding hydrogens is 384 g/mol. The highest BCUT2D eigenvalue weighted by atomic mass is 35.5. The van der Waals surface area contributed by atoms with E-state index in [-0.39, 0.29) is 0 Å². The highest BCUT2D eigenvalue weighted by Gasteiger charge is 2.18. The molecule has 1 saturated carbocycles. The number of aromatic nitrogens is 1. The molecule has 0 aliphatic heterocycles. The van der Waals surface area contributed by atoms with E-state index in [0.717, 1.165) is 11.3 Å². The Hall–Kier alpha value is -2.58. The van der Waals surface area contributed by atoms with Crippen molar-refractivity contribution in [2.24, 2.45) is 5.73 Å². The Morgan fingerprint density at radius 1 is 1.24 bits per heavy atom. The summed E-state index contributed by atoms with van der Waals surface area (Å²) in [6, 6.07) is 11.9. The Morgan fingerprint density at radius 3 is 2.41 bits per heavy atom. The minimum Gasteiger partial charge on any atom is -0.372 e. The molecule has 0 spiro atoms. The number of rotatable bonds is 4. The minimum atomic E-state index is -0.481. The summed E-state index contributed by atoms with van der Waals surface area (Å²) in [7, 11) is 2.12. The molecule has 2 aromatic rings. The number of anilines is 1. The zero-order valence-corrected chi connectivity index (χ0v) is 18.1. The Labute approximate surface area is 178 Å². The van der Waals surface area contributed by atoms with Crippen molar-refractivity contribution in [1.29, 1.82) is 5.26 Å². The number of carbonyl (C=O) groups is 1. The molecule has 0 bridgehead atoms. The fourth-order valence-electron chi connectivity index (χ4n) is 3.39. The van der Waals surface area contributed by atoms with Gasteiger partial charge >= 0.3 is 0 Å².